The number of rotatable bonds is 4. The number of hydrogen-bond donors (Lipinski definition) is 1. The molecule has 0 amide bonds. The van der Waals surface area contributed by atoms with Crippen LogP contribution in [0.3, 0.4) is 0 Å². The van der Waals surface area contributed by atoms with Crippen LogP contribution in [0.1, 0.15) is 16.7 Å². The third-order valence-electron chi connectivity index (χ3n) is 2.76. The molecule has 2 rings (SSSR count). The van der Waals surface area contributed by atoms with Gasteiger partial charge >= 0.3 is 0 Å². The summed E-state index contributed by atoms with van der Waals surface area (Å²) in [5.41, 5.74) is 8.62. The van der Waals surface area contributed by atoms with Crippen molar-refractivity contribution in [3.05, 3.63) is 53.1 Å². The maximum Gasteiger partial charge on any atom is 0.123 e. The minimum absolute atomic E-state index is 0.208. The molecule has 1 aromatic carbocycles. The lowest BCUT2D eigenvalue weighted by molar-refractivity contribution is 0.618. The molecule has 0 aliphatic rings. The summed E-state index contributed by atoms with van der Waals surface area (Å²) in [7, 11) is 0. The van der Waals surface area contributed by atoms with E-state index in [-0.39, 0.29) is 5.82 Å². The van der Waals surface area contributed by atoms with Gasteiger partial charge in [0.2, 0.25) is 0 Å². The van der Waals surface area contributed by atoms with Crippen LogP contribution in [0.25, 0.3) is 0 Å². The van der Waals surface area contributed by atoms with Gasteiger partial charge in [-0.05, 0) is 48.7 Å². The Labute approximate surface area is 100 Å². The molecule has 1 aromatic heterocycles. The SMILES string of the molecule is Cc1ccc(F)cc1Cn1cc(CCN)cn1. The number of nitrogens with two attached hydrogens (primary N) is 1. The van der Waals surface area contributed by atoms with Gasteiger partial charge in [0, 0.05) is 6.20 Å². The molecular weight excluding hydrogens is 217 g/mol. The molecule has 0 spiro atoms. The minimum atomic E-state index is -0.208. The minimum Gasteiger partial charge on any atom is -0.330 e. The molecule has 17 heavy (non-hydrogen) atoms. The lowest BCUT2D eigenvalue weighted by atomic mass is 10.1. The highest BCUT2D eigenvalue weighted by Crippen LogP contribution is 2.12. The molecule has 0 fully saturated rings. The van der Waals surface area contributed by atoms with Gasteiger partial charge in [-0.1, -0.05) is 6.07 Å². The monoisotopic (exact) mass is 233 g/mol. The summed E-state index contributed by atoms with van der Waals surface area (Å²) in [6.07, 6.45) is 4.58. The van der Waals surface area contributed by atoms with Crippen LogP contribution in [-0.2, 0) is 13.0 Å². The highest BCUT2D eigenvalue weighted by Gasteiger charge is 2.03. The van der Waals surface area contributed by atoms with E-state index < -0.39 is 0 Å². The average Bonchev–Trinajstić information content (AvgIpc) is 2.72. The van der Waals surface area contributed by atoms with E-state index in [9.17, 15) is 4.39 Å². The molecule has 90 valence electrons. The molecule has 0 radical (unpaired) electrons. The zero-order chi connectivity index (χ0) is 12.3. The summed E-state index contributed by atoms with van der Waals surface area (Å²) >= 11 is 0. The topological polar surface area (TPSA) is 43.8 Å². The molecule has 2 N–H and O–H groups in total. The number of nitrogens with zero attached hydrogens (tertiary/aromatic N) is 2. The van der Waals surface area contributed by atoms with Crippen LogP contribution in [0, 0.1) is 12.7 Å². The van der Waals surface area contributed by atoms with Gasteiger partial charge in [0.05, 0.1) is 12.7 Å². The fourth-order valence-electron chi connectivity index (χ4n) is 1.77. The summed E-state index contributed by atoms with van der Waals surface area (Å²) < 4.78 is 14.9. The Balaban J connectivity index is 2.16. The Morgan fingerprint density at radius 1 is 1.41 bits per heavy atom. The van der Waals surface area contributed by atoms with E-state index in [1.165, 1.54) is 6.07 Å². The molecule has 0 aliphatic carbocycles. The van der Waals surface area contributed by atoms with Crippen LogP contribution >= 0.6 is 0 Å². The second-order valence-corrected chi connectivity index (χ2v) is 4.16. The van der Waals surface area contributed by atoms with Gasteiger partial charge in [-0.15, -0.1) is 0 Å². The van der Waals surface area contributed by atoms with Gasteiger partial charge < -0.3 is 5.73 Å². The molecule has 4 heteroatoms. The quantitative estimate of drug-likeness (QED) is 0.876. The van der Waals surface area contributed by atoms with Crippen molar-refractivity contribution in [1.29, 1.82) is 0 Å². The lowest BCUT2D eigenvalue weighted by Gasteiger charge is -2.05. The zero-order valence-corrected chi connectivity index (χ0v) is 9.86. The normalized spacial score (nSPS) is 10.8. The molecule has 0 saturated carbocycles. The zero-order valence-electron chi connectivity index (χ0n) is 9.86. The van der Waals surface area contributed by atoms with Gasteiger partial charge in [0.15, 0.2) is 0 Å². The Bertz CT molecular complexity index is 505. The van der Waals surface area contributed by atoms with Crippen molar-refractivity contribution in [2.45, 2.75) is 19.9 Å². The van der Waals surface area contributed by atoms with Crippen molar-refractivity contribution in [3.8, 4) is 0 Å². The third kappa shape index (κ3) is 2.91. The van der Waals surface area contributed by atoms with E-state index in [0.717, 1.165) is 23.1 Å². The van der Waals surface area contributed by atoms with E-state index in [0.29, 0.717) is 13.1 Å². The van der Waals surface area contributed by atoms with E-state index in [1.54, 1.807) is 12.1 Å². The lowest BCUT2D eigenvalue weighted by Crippen LogP contribution is -2.03. The molecule has 0 bridgehead atoms. The van der Waals surface area contributed by atoms with Gasteiger partial charge in [-0.3, -0.25) is 4.68 Å². The highest BCUT2D eigenvalue weighted by molar-refractivity contribution is 5.26. The number of aryl methyl sites for hydroxylation is 1. The second kappa shape index (κ2) is 5.10. The maximum atomic E-state index is 13.1. The average molecular weight is 233 g/mol. The van der Waals surface area contributed by atoms with E-state index in [4.69, 9.17) is 5.73 Å². The van der Waals surface area contributed by atoms with Gasteiger partial charge in [0.1, 0.15) is 5.82 Å². The molecule has 0 unspecified atom stereocenters. The summed E-state index contributed by atoms with van der Waals surface area (Å²) in [6.45, 7) is 3.18. The Morgan fingerprint density at radius 3 is 3.00 bits per heavy atom. The van der Waals surface area contributed by atoms with Gasteiger partial charge in [-0.25, -0.2) is 4.39 Å². The van der Waals surface area contributed by atoms with E-state index >= 15 is 0 Å². The van der Waals surface area contributed by atoms with Gasteiger partial charge in [-0.2, -0.15) is 5.10 Å². The van der Waals surface area contributed by atoms with Crippen molar-refractivity contribution in [3.63, 3.8) is 0 Å². The third-order valence-corrected chi connectivity index (χ3v) is 2.76. The summed E-state index contributed by atoms with van der Waals surface area (Å²) in [4.78, 5) is 0. The van der Waals surface area contributed by atoms with Crippen LogP contribution in [0.4, 0.5) is 4.39 Å². The predicted molar refractivity (Wildman–Crippen MR) is 65.2 cm³/mol. The molecule has 3 nitrogen and oxygen atoms in total. The second-order valence-electron chi connectivity index (χ2n) is 4.16. The molecule has 2 aromatic rings. The Hall–Kier alpha value is -1.68. The fourth-order valence-corrected chi connectivity index (χ4v) is 1.77. The molecule has 0 saturated heterocycles. The van der Waals surface area contributed by atoms with E-state index in [2.05, 4.69) is 5.10 Å². The largest absolute Gasteiger partial charge is 0.330 e. The number of benzene rings is 1. The van der Waals surface area contributed by atoms with Crippen LogP contribution < -0.4 is 5.73 Å². The fraction of sp³-hybridized carbons (Fsp3) is 0.308. The molecular formula is C13H16FN3. The highest BCUT2D eigenvalue weighted by atomic mass is 19.1. The van der Waals surface area contributed by atoms with Crippen molar-refractivity contribution in [2.75, 3.05) is 6.54 Å². The van der Waals surface area contributed by atoms with Crippen molar-refractivity contribution in [2.24, 2.45) is 5.73 Å². The van der Waals surface area contributed by atoms with Gasteiger partial charge in [0.25, 0.3) is 0 Å². The van der Waals surface area contributed by atoms with Crippen molar-refractivity contribution >= 4 is 0 Å². The molecule has 1 heterocycles. The van der Waals surface area contributed by atoms with Crippen LogP contribution in [0.15, 0.2) is 30.6 Å². The maximum absolute atomic E-state index is 13.1. The van der Waals surface area contributed by atoms with Crippen molar-refractivity contribution < 1.29 is 4.39 Å². The summed E-state index contributed by atoms with van der Waals surface area (Å²) in [5, 5.41) is 4.24. The first-order valence-electron chi connectivity index (χ1n) is 5.65. The first-order valence-corrected chi connectivity index (χ1v) is 5.65. The molecule has 0 atom stereocenters. The number of halogens is 1. The smallest absolute Gasteiger partial charge is 0.123 e. The Kier molecular flexibility index (Phi) is 3.54. The first-order chi connectivity index (χ1) is 8.19. The standard InChI is InChI=1S/C13H16FN3/c1-10-2-3-13(14)6-12(10)9-17-8-11(4-5-15)7-16-17/h2-3,6-8H,4-5,9,15H2,1H3. The number of hydrogen-bond acceptors (Lipinski definition) is 2. The number of aromatic nitrogens is 2. The molecule has 0 aliphatic heterocycles. The summed E-state index contributed by atoms with van der Waals surface area (Å²) in [5.74, 6) is -0.208. The first kappa shape index (κ1) is 11.8. The van der Waals surface area contributed by atoms with Crippen LogP contribution in [-0.4, -0.2) is 16.3 Å². The predicted octanol–water partition coefficient (Wildman–Crippen LogP) is 1.88. The van der Waals surface area contributed by atoms with Crippen LogP contribution in [0.2, 0.25) is 0 Å². The Morgan fingerprint density at radius 2 is 2.24 bits per heavy atom. The van der Waals surface area contributed by atoms with E-state index in [1.807, 2.05) is 24.0 Å². The van der Waals surface area contributed by atoms with Crippen LogP contribution in [0.5, 0.6) is 0 Å². The summed E-state index contributed by atoms with van der Waals surface area (Å²) in [6, 6.07) is 4.82. The van der Waals surface area contributed by atoms with Crippen molar-refractivity contribution in [1.82, 2.24) is 9.78 Å².